The van der Waals surface area contributed by atoms with Crippen LogP contribution in [0.4, 0.5) is 4.79 Å². The molecule has 5 N–H and O–H groups in total. The van der Waals surface area contributed by atoms with E-state index in [1.54, 1.807) is 69.3 Å². The molecule has 340 valence electrons. The third-order valence-electron chi connectivity index (χ3n) is 12.0. The predicted octanol–water partition coefficient (Wildman–Crippen LogP) is 6.60. The van der Waals surface area contributed by atoms with Gasteiger partial charge < -0.3 is 25.2 Å². The summed E-state index contributed by atoms with van der Waals surface area (Å²) < 4.78 is 33.8. The van der Waals surface area contributed by atoms with Crippen LogP contribution in [0, 0.1) is 0 Å². The summed E-state index contributed by atoms with van der Waals surface area (Å²) in [4.78, 5) is 32.1. The molecule has 17 nitrogen and oxygen atoms in total. The monoisotopic (exact) mass is 973 g/mol. The number of amides is 1. The molecule has 8 heterocycles. The molecule has 0 unspecified atom stereocenters. The number of ether oxygens (including phenoxy) is 1. The SMILES string of the molecule is CC(C)(C)OC(=O)N1CCC(O)(c2ccc(-c3cnc4c(Br)cnn4c3)cn2)CC1.NS(=O)(=O)c1ccc(-c2cnn3cc(-c4ccc(C5(O)CCNCC5)nc4)cnc23)c2ccccc12. The maximum absolute atomic E-state index is 12.2. The van der Waals surface area contributed by atoms with Crippen molar-refractivity contribution in [3.8, 4) is 33.4 Å². The molecule has 0 aliphatic carbocycles. The van der Waals surface area contributed by atoms with Gasteiger partial charge in [-0.15, -0.1) is 0 Å². The second kappa shape index (κ2) is 17.5. The van der Waals surface area contributed by atoms with Crippen LogP contribution in [-0.4, -0.2) is 101 Å². The number of nitrogens with two attached hydrogens (primary N) is 1. The van der Waals surface area contributed by atoms with E-state index in [0.717, 1.165) is 62.0 Å². The van der Waals surface area contributed by atoms with Crippen LogP contribution in [0.3, 0.4) is 0 Å². The second-order valence-corrected chi connectivity index (χ2v) is 20.0. The summed E-state index contributed by atoms with van der Waals surface area (Å²) in [5.74, 6) is 0. The molecule has 2 saturated heterocycles. The Morgan fingerprint density at radius 3 is 1.82 bits per heavy atom. The van der Waals surface area contributed by atoms with Crippen LogP contribution < -0.4 is 10.5 Å². The Morgan fingerprint density at radius 2 is 1.24 bits per heavy atom. The highest BCUT2D eigenvalue weighted by Crippen LogP contribution is 2.36. The van der Waals surface area contributed by atoms with E-state index < -0.39 is 26.8 Å². The molecule has 0 bridgehead atoms. The number of aliphatic hydroxyl groups is 2. The molecule has 6 aromatic heterocycles. The largest absolute Gasteiger partial charge is 0.444 e. The molecule has 8 aromatic rings. The topological polar surface area (TPSA) is 228 Å². The van der Waals surface area contributed by atoms with Crippen molar-refractivity contribution in [1.82, 2.24) is 49.4 Å². The van der Waals surface area contributed by atoms with Crippen LogP contribution in [0.1, 0.15) is 57.8 Å². The number of sulfonamides is 1. The first kappa shape index (κ1) is 45.0. The van der Waals surface area contributed by atoms with E-state index >= 15 is 0 Å². The van der Waals surface area contributed by atoms with Crippen molar-refractivity contribution in [2.75, 3.05) is 26.2 Å². The second-order valence-electron chi connectivity index (χ2n) is 17.6. The van der Waals surface area contributed by atoms with Crippen LogP contribution in [0.25, 0.3) is 55.4 Å². The number of hydrogen-bond donors (Lipinski definition) is 4. The minimum absolute atomic E-state index is 0.0821. The zero-order valence-electron chi connectivity index (χ0n) is 36.5. The van der Waals surface area contributed by atoms with Gasteiger partial charge in [-0.05, 0) is 105 Å². The molecule has 10 rings (SSSR count). The zero-order valence-corrected chi connectivity index (χ0v) is 38.9. The van der Waals surface area contributed by atoms with Gasteiger partial charge in [-0.3, -0.25) is 9.97 Å². The van der Waals surface area contributed by atoms with Crippen molar-refractivity contribution >= 4 is 54.1 Å². The molecule has 1 amide bonds. The smallest absolute Gasteiger partial charge is 0.410 e. The van der Waals surface area contributed by atoms with Crippen molar-refractivity contribution in [1.29, 1.82) is 0 Å². The fourth-order valence-corrected chi connectivity index (χ4v) is 9.50. The summed E-state index contributed by atoms with van der Waals surface area (Å²) in [5.41, 5.74) is 5.23. The fourth-order valence-electron chi connectivity index (χ4n) is 8.38. The maximum atomic E-state index is 12.2. The Balaban J connectivity index is 0.000000169. The Bertz CT molecular complexity index is 3190. The molecule has 2 aliphatic heterocycles. The number of aromatic nitrogens is 8. The molecule has 0 spiro atoms. The number of fused-ring (bicyclic) bond motifs is 3. The van der Waals surface area contributed by atoms with Gasteiger partial charge in [-0.25, -0.2) is 37.4 Å². The summed E-state index contributed by atoms with van der Waals surface area (Å²) in [7, 11) is -3.87. The average molecular weight is 975 g/mol. The molecule has 19 heteroatoms. The van der Waals surface area contributed by atoms with Crippen molar-refractivity contribution in [2.24, 2.45) is 5.14 Å². The van der Waals surface area contributed by atoms with Crippen LogP contribution in [0.2, 0.25) is 0 Å². The number of nitrogens with one attached hydrogen (secondary N) is 1. The Kier molecular flexibility index (Phi) is 11.9. The summed E-state index contributed by atoms with van der Waals surface area (Å²) in [6, 6.07) is 18.1. The van der Waals surface area contributed by atoms with Crippen LogP contribution in [0.5, 0.6) is 0 Å². The first-order valence-electron chi connectivity index (χ1n) is 21.4. The number of primary sulfonamides is 1. The van der Waals surface area contributed by atoms with Crippen LogP contribution in [0.15, 0.2) is 120 Å². The number of benzene rings is 2. The van der Waals surface area contributed by atoms with Crippen LogP contribution >= 0.6 is 15.9 Å². The number of pyridine rings is 2. The lowest BCUT2D eigenvalue weighted by atomic mass is 9.87. The molecule has 66 heavy (non-hydrogen) atoms. The van der Waals surface area contributed by atoms with E-state index in [4.69, 9.17) is 9.88 Å². The van der Waals surface area contributed by atoms with E-state index in [0.29, 0.717) is 61.2 Å². The molecule has 2 aliphatic rings. The zero-order chi connectivity index (χ0) is 46.4. The summed E-state index contributed by atoms with van der Waals surface area (Å²) in [5, 5.41) is 40.8. The van der Waals surface area contributed by atoms with Gasteiger partial charge in [0, 0.05) is 83.5 Å². The minimum atomic E-state index is -3.87. The highest BCUT2D eigenvalue weighted by atomic mass is 79.9. The Hall–Kier alpha value is -6.22. The van der Waals surface area contributed by atoms with Gasteiger partial charge in [0.25, 0.3) is 0 Å². The maximum Gasteiger partial charge on any atom is 0.410 e. The van der Waals surface area contributed by atoms with Crippen molar-refractivity contribution in [3.63, 3.8) is 0 Å². The number of hydrogen-bond acceptors (Lipinski definition) is 13. The minimum Gasteiger partial charge on any atom is -0.444 e. The Labute approximate surface area is 388 Å². The summed E-state index contributed by atoms with van der Waals surface area (Å²) in [6.07, 6.45) is 15.9. The molecule has 2 fully saturated rings. The molecule has 0 atom stereocenters. The van der Waals surface area contributed by atoms with Gasteiger partial charge in [-0.2, -0.15) is 10.2 Å². The van der Waals surface area contributed by atoms with Gasteiger partial charge >= 0.3 is 6.09 Å². The standard InChI is InChI=1S/C26H24N6O3S.C21H24BrN5O3/c27-36(34,35)23-7-6-20(19-3-1-2-4-21(19)23)22-15-31-32-16-18(14-30-25(22)32)17-5-8-24(29-13-17)26(33)9-11-28-12-10-26;1-20(2,3)30-19(28)26-8-6-21(29,7-9-26)17-5-4-14(10-23-17)15-11-24-18-16(22)12-25-27(18)13-15/h1-8,13-16,28,33H,9-12H2,(H2,27,34,35);4-5,10-13,29H,6-9H2,1-3H3. The van der Waals surface area contributed by atoms with E-state index in [1.807, 2.05) is 69.6 Å². The number of likely N-dealkylation sites (tertiary alicyclic amines) is 1. The number of nitrogens with zero attached hydrogens (tertiary/aromatic N) is 9. The normalized spacial score (nSPS) is 16.3. The van der Waals surface area contributed by atoms with Gasteiger partial charge in [-0.1, -0.05) is 42.5 Å². The van der Waals surface area contributed by atoms with E-state index in [1.165, 1.54) is 6.07 Å². The highest BCUT2D eigenvalue weighted by molar-refractivity contribution is 9.10. The lowest BCUT2D eigenvalue weighted by Crippen LogP contribution is -2.47. The third kappa shape index (κ3) is 9.14. The van der Waals surface area contributed by atoms with Crippen molar-refractivity contribution < 1.29 is 28.2 Å². The first-order chi connectivity index (χ1) is 31.5. The number of rotatable bonds is 6. The summed E-state index contributed by atoms with van der Waals surface area (Å²) in [6.45, 7) is 7.90. The number of carbonyl (C=O) groups excluding carboxylic acids is 1. The van der Waals surface area contributed by atoms with E-state index in [-0.39, 0.29) is 11.0 Å². The van der Waals surface area contributed by atoms with Gasteiger partial charge in [0.05, 0.1) is 33.1 Å². The molecule has 0 radical (unpaired) electrons. The third-order valence-corrected chi connectivity index (χ3v) is 13.5. The lowest BCUT2D eigenvalue weighted by Gasteiger charge is -2.38. The van der Waals surface area contributed by atoms with Crippen LogP contribution in [-0.2, 0) is 26.0 Å². The van der Waals surface area contributed by atoms with Crippen molar-refractivity contribution in [2.45, 2.75) is 68.2 Å². The fraction of sp³-hybridized carbons (Fsp3) is 0.298. The van der Waals surface area contributed by atoms with Crippen molar-refractivity contribution in [3.05, 3.63) is 126 Å². The predicted molar refractivity (Wildman–Crippen MR) is 251 cm³/mol. The molecular formula is C47H48BrN11O6S. The molecular weight excluding hydrogens is 927 g/mol. The summed E-state index contributed by atoms with van der Waals surface area (Å²) >= 11 is 3.42. The number of halogens is 1. The average Bonchev–Trinajstić information content (AvgIpc) is 3.91. The highest BCUT2D eigenvalue weighted by Gasteiger charge is 2.38. The first-order valence-corrected chi connectivity index (χ1v) is 23.8. The number of carbonyl (C=O) groups is 1. The van der Waals surface area contributed by atoms with Gasteiger partial charge in [0.1, 0.15) is 16.8 Å². The van der Waals surface area contributed by atoms with Gasteiger partial charge in [0.2, 0.25) is 10.0 Å². The molecule has 0 saturated carbocycles. The molecule has 2 aromatic carbocycles. The number of piperidine rings is 2. The Morgan fingerprint density at radius 1 is 0.697 bits per heavy atom. The van der Waals surface area contributed by atoms with E-state index in [9.17, 15) is 23.4 Å². The van der Waals surface area contributed by atoms with Gasteiger partial charge in [0.15, 0.2) is 11.3 Å². The van der Waals surface area contributed by atoms with E-state index in [2.05, 4.69) is 51.4 Å². The lowest BCUT2D eigenvalue weighted by molar-refractivity contribution is -0.0381. The quantitative estimate of drug-likeness (QED) is 0.138.